The van der Waals surface area contributed by atoms with E-state index >= 15 is 0 Å². The molecule has 98 valence electrons. The minimum Gasteiger partial charge on any atom is -0.311 e. The standard InChI is InChI=1S/C15H18N4/c1-16-15(13-7-9-17-10-19-13)12-6-2-4-11-5-3-8-18-14(11)12/h3,5,7-10,12,15-16H,2,4,6H2,1H3. The van der Waals surface area contributed by atoms with Gasteiger partial charge >= 0.3 is 0 Å². The lowest BCUT2D eigenvalue weighted by molar-refractivity contribution is 0.408. The molecule has 0 amide bonds. The Bertz CT molecular complexity index is 541. The van der Waals surface area contributed by atoms with E-state index in [2.05, 4.69) is 26.3 Å². The summed E-state index contributed by atoms with van der Waals surface area (Å²) in [4.78, 5) is 13.0. The highest BCUT2D eigenvalue weighted by Gasteiger charge is 2.29. The molecule has 0 bridgehead atoms. The van der Waals surface area contributed by atoms with Crippen LogP contribution >= 0.6 is 0 Å². The summed E-state index contributed by atoms with van der Waals surface area (Å²) in [6.07, 6.45) is 8.81. The van der Waals surface area contributed by atoms with Crippen molar-refractivity contribution in [2.24, 2.45) is 0 Å². The van der Waals surface area contributed by atoms with Gasteiger partial charge in [0.25, 0.3) is 0 Å². The van der Waals surface area contributed by atoms with Crippen LogP contribution in [0.5, 0.6) is 0 Å². The number of aryl methyl sites for hydroxylation is 1. The van der Waals surface area contributed by atoms with Gasteiger partial charge in [0.2, 0.25) is 0 Å². The van der Waals surface area contributed by atoms with Gasteiger partial charge in [-0.05, 0) is 44.0 Å². The van der Waals surface area contributed by atoms with E-state index in [4.69, 9.17) is 0 Å². The number of nitrogens with one attached hydrogen (secondary N) is 1. The average molecular weight is 254 g/mol. The summed E-state index contributed by atoms with van der Waals surface area (Å²) in [7, 11) is 1.99. The molecule has 1 aliphatic carbocycles. The predicted octanol–water partition coefficient (Wildman–Crippen LogP) is 2.25. The quantitative estimate of drug-likeness (QED) is 0.912. The molecule has 19 heavy (non-hydrogen) atoms. The number of likely N-dealkylation sites (N-methyl/N-ethyl adjacent to an activating group) is 1. The molecule has 2 atom stereocenters. The summed E-state index contributed by atoms with van der Waals surface area (Å²) in [6, 6.07) is 6.41. The fraction of sp³-hybridized carbons (Fsp3) is 0.400. The molecule has 4 nitrogen and oxygen atoms in total. The number of aromatic nitrogens is 3. The van der Waals surface area contributed by atoms with E-state index in [1.807, 2.05) is 25.4 Å². The highest BCUT2D eigenvalue weighted by molar-refractivity contribution is 5.29. The molecular weight excluding hydrogens is 236 g/mol. The van der Waals surface area contributed by atoms with Crippen LogP contribution in [-0.4, -0.2) is 22.0 Å². The van der Waals surface area contributed by atoms with Crippen LogP contribution < -0.4 is 5.32 Å². The van der Waals surface area contributed by atoms with Crippen LogP contribution in [0.1, 0.15) is 41.8 Å². The maximum Gasteiger partial charge on any atom is 0.115 e. The highest BCUT2D eigenvalue weighted by Crippen LogP contribution is 2.38. The molecule has 1 N–H and O–H groups in total. The van der Waals surface area contributed by atoms with Gasteiger partial charge in [-0.3, -0.25) is 4.98 Å². The van der Waals surface area contributed by atoms with Crippen molar-refractivity contribution < 1.29 is 0 Å². The number of nitrogens with zero attached hydrogens (tertiary/aromatic N) is 3. The fourth-order valence-corrected chi connectivity index (χ4v) is 3.01. The highest BCUT2D eigenvalue weighted by atomic mass is 14.9. The van der Waals surface area contributed by atoms with Crippen LogP contribution in [0, 0.1) is 0 Å². The second-order valence-corrected chi connectivity index (χ2v) is 4.95. The van der Waals surface area contributed by atoms with Gasteiger partial charge in [-0.15, -0.1) is 0 Å². The lowest BCUT2D eigenvalue weighted by Gasteiger charge is -2.30. The zero-order valence-electron chi connectivity index (χ0n) is 11.1. The van der Waals surface area contributed by atoms with Crippen molar-refractivity contribution in [1.29, 1.82) is 0 Å². The van der Waals surface area contributed by atoms with E-state index in [0.717, 1.165) is 18.5 Å². The summed E-state index contributed by atoms with van der Waals surface area (Å²) in [6.45, 7) is 0. The third-order valence-electron chi connectivity index (χ3n) is 3.88. The first-order valence-electron chi connectivity index (χ1n) is 6.77. The van der Waals surface area contributed by atoms with Crippen molar-refractivity contribution in [3.8, 4) is 0 Å². The van der Waals surface area contributed by atoms with E-state index in [-0.39, 0.29) is 6.04 Å². The Morgan fingerprint density at radius 3 is 3.00 bits per heavy atom. The van der Waals surface area contributed by atoms with Crippen molar-refractivity contribution in [2.75, 3.05) is 7.05 Å². The molecule has 2 unspecified atom stereocenters. The second-order valence-electron chi connectivity index (χ2n) is 4.95. The third kappa shape index (κ3) is 2.36. The maximum atomic E-state index is 4.61. The first-order valence-corrected chi connectivity index (χ1v) is 6.77. The summed E-state index contributed by atoms with van der Waals surface area (Å²) in [5.41, 5.74) is 3.65. The third-order valence-corrected chi connectivity index (χ3v) is 3.88. The zero-order chi connectivity index (χ0) is 13.1. The Balaban J connectivity index is 1.97. The molecule has 2 heterocycles. The van der Waals surface area contributed by atoms with Crippen LogP contribution in [0.2, 0.25) is 0 Å². The van der Waals surface area contributed by atoms with Crippen LogP contribution in [0.25, 0.3) is 0 Å². The predicted molar refractivity (Wildman–Crippen MR) is 73.7 cm³/mol. The summed E-state index contributed by atoms with van der Waals surface area (Å²) in [5, 5.41) is 3.40. The summed E-state index contributed by atoms with van der Waals surface area (Å²) >= 11 is 0. The molecule has 0 radical (unpaired) electrons. The molecule has 0 aliphatic heterocycles. The molecule has 0 saturated heterocycles. The Hall–Kier alpha value is -1.81. The van der Waals surface area contributed by atoms with Crippen LogP contribution in [0.4, 0.5) is 0 Å². The topological polar surface area (TPSA) is 50.7 Å². The smallest absolute Gasteiger partial charge is 0.115 e. The van der Waals surface area contributed by atoms with Gasteiger partial charge in [-0.2, -0.15) is 0 Å². The number of pyridine rings is 1. The summed E-state index contributed by atoms with van der Waals surface area (Å²) in [5.74, 6) is 0.393. The van der Waals surface area contributed by atoms with Crippen molar-refractivity contribution >= 4 is 0 Å². The first-order chi connectivity index (χ1) is 9.40. The number of fused-ring (bicyclic) bond motifs is 1. The normalized spacial score (nSPS) is 19.7. The van der Waals surface area contributed by atoms with Gasteiger partial charge in [0, 0.05) is 24.0 Å². The largest absolute Gasteiger partial charge is 0.311 e. The monoisotopic (exact) mass is 254 g/mol. The molecule has 0 spiro atoms. The second kappa shape index (κ2) is 5.45. The maximum absolute atomic E-state index is 4.61. The van der Waals surface area contributed by atoms with Crippen LogP contribution in [-0.2, 0) is 6.42 Å². The van der Waals surface area contributed by atoms with Crippen molar-refractivity contribution in [2.45, 2.75) is 31.2 Å². The van der Waals surface area contributed by atoms with Gasteiger partial charge < -0.3 is 5.32 Å². The first kappa shape index (κ1) is 12.2. The fourth-order valence-electron chi connectivity index (χ4n) is 3.01. The lowest BCUT2D eigenvalue weighted by atomic mass is 9.81. The Labute approximate surface area is 113 Å². The number of hydrogen-bond donors (Lipinski definition) is 1. The van der Waals surface area contributed by atoms with E-state index in [1.54, 1.807) is 12.5 Å². The lowest BCUT2D eigenvalue weighted by Crippen LogP contribution is -2.28. The SMILES string of the molecule is CNC(c1ccncn1)C1CCCc2cccnc21. The van der Waals surface area contributed by atoms with Gasteiger partial charge in [0.05, 0.1) is 11.7 Å². The molecule has 0 saturated carbocycles. The van der Waals surface area contributed by atoms with E-state index in [9.17, 15) is 0 Å². The molecule has 3 rings (SSSR count). The molecule has 0 aromatic carbocycles. The Morgan fingerprint density at radius 1 is 1.26 bits per heavy atom. The van der Waals surface area contributed by atoms with Gasteiger partial charge in [0.1, 0.15) is 6.33 Å². The van der Waals surface area contributed by atoms with Crippen molar-refractivity contribution in [1.82, 2.24) is 20.3 Å². The average Bonchev–Trinajstić information content (AvgIpc) is 2.49. The van der Waals surface area contributed by atoms with Gasteiger partial charge in [0.15, 0.2) is 0 Å². The van der Waals surface area contributed by atoms with Crippen LogP contribution in [0.15, 0.2) is 36.9 Å². The molecular formula is C15H18N4. The minimum atomic E-state index is 0.206. The van der Waals surface area contributed by atoms with E-state index < -0.39 is 0 Å². The minimum absolute atomic E-state index is 0.206. The van der Waals surface area contributed by atoms with E-state index in [1.165, 1.54) is 17.7 Å². The molecule has 0 fully saturated rings. The van der Waals surface area contributed by atoms with Gasteiger partial charge in [-0.1, -0.05) is 6.07 Å². The Morgan fingerprint density at radius 2 is 2.21 bits per heavy atom. The summed E-state index contributed by atoms with van der Waals surface area (Å²) < 4.78 is 0. The number of hydrogen-bond acceptors (Lipinski definition) is 4. The van der Waals surface area contributed by atoms with Crippen molar-refractivity contribution in [3.63, 3.8) is 0 Å². The molecule has 2 aromatic rings. The van der Waals surface area contributed by atoms with Crippen LogP contribution in [0.3, 0.4) is 0 Å². The zero-order valence-corrected chi connectivity index (χ0v) is 11.1. The van der Waals surface area contributed by atoms with E-state index in [0.29, 0.717) is 5.92 Å². The van der Waals surface area contributed by atoms with Gasteiger partial charge in [-0.25, -0.2) is 9.97 Å². The number of rotatable bonds is 3. The molecule has 2 aromatic heterocycles. The van der Waals surface area contributed by atoms with Crippen molar-refractivity contribution in [3.05, 3.63) is 53.9 Å². The Kier molecular flexibility index (Phi) is 3.51. The molecule has 4 heteroatoms. The molecule has 1 aliphatic rings.